The number of hydrogen-bond acceptors (Lipinski definition) is 6. The quantitative estimate of drug-likeness (QED) is 0.276. The molecule has 2 aromatic carbocycles. The summed E-state index contributed by atoms with van der Waals surface area (Å²) in [6, 6.07) is 12.8. The van der Waals surface area contributed by atoms with Crippen molar-refractivity contribution in [3.8, 4) is 11.4 Å². The normalized spacial score (nSPS) is 19.3. The maximum atomic E-state index is 14.5. The Hall–Kier alpha value is -3.58. The summed E-state index contributed by atoms with van der Waals surface area (Å²) >= 11 is 3.33. The molecule has 0 spiro atoms. The van der Waals surface area contributed by atoms with Crippen LogP contribution in [0.25, 0.3) is 11.4 Å². The second-order valence-corrected chi connectivity index (χ2v) is 14.7. The van der Waals surface area contributed by atoms with Gasteiger partial charge < -0.3 is 20.4 Å². The van der Waals surface area contributed by atoms with Gasteiger partial charge in [-0.15, -0.1) is 5.10 Å². The molecule has 3 N–H and O–H groups in total. The molecule has 1 aromatic heterocycles. The summed E-state index contributed by atoms with van der Waals surface area (Å²) in [5.41, 5.74) is 6.72. The van der Waals surface area contributed by atoms with E-state index in [9.17, 15) is 23.2 Å². The number of nitrogens with two attached hydrogens (primary N) is 1. The van der Waals surface area contributed by atoms with E-state index in [-0.39, 0.29) is 47.6 Å². The zero-order valence-corrected chi connectivity index (χ0v) is 29.6. The fourth-order valence-corrected chi connectivity index (χ4v) is 8.20. The number of H-pyrrole nitrogens is 1. The zero-order valence-electron chi connectivity index (χ0n) is 28.1. The van der Waals surface area contributed by atoms with Crippen LogP contribution < -0.4 is 11.4 Å². The van der Waals surface area contributed by atoms with Crippen molar-refractivity contribution in [2.45, 2.75) is 82.7 Å². The first kappa shape index (κ1) is 35.3. The number of aromatic nitrogens is 3. The van der Waals surface area contributed by atoms with Gasteiger partial charge in [-0.1, -0.05) is 36.8 Å². The van der Waals surface area contributed by atoms with Crippen molar-refractivity contribution >= 4 is 33.4 Å². The summed E-state index contributed by atoms with van der Waals surface area (Å²) in [5, 5.41) is 4.54. The molecule has 3 aliphatic rings. The van der Waals surface area contributed by atoms with Gasteiger partial charge in [-0.2, -0.15) is 0 Å². The maximum absolute atomic E-state index is 14.5. The highest BCUT2D eigenvalue weighted by molar-refractivity contribution is 9.10. The Kier molecular flexibility index (Phi) is 10.9. The molecule has 49 heavy (non-hydrogen) atoms. The van der Waals surface area contributed by atoms with Crippen molar-refractivity contribution in [3.05, 3.63) is 68.5 Å². The van der Waals surface area contributed by atoms with Crippen LogP contribution in [-0.4, -0.2) is 86.6 Å². The fraction of sp³-hybridized carbons (Fsp3) is 0.556. The average Bonchev–Trinajstić information content (AvgIpc) is 3.51. The van der Waals surface area contributed by atoms with Gasteiger partial charge in [0.25, 0.3) is 5.92 Å². The van der Waals surface area contributed by atoms with Gasteiger partial charge >= 0.3 is 5.69 Å². The smallest absolute Gasteiger partial charge is 0.343 e. The molecule has 10 nitrogen and oxygen atoms in total. The van der Waals surface area contributed by atoms with Crippen molar-refractivity contribution in [1.82, 2.24) is 29.5 Å². The zero-order chi connectivity index (χ0) is 34.7. The van der Waals surface area contributed by atoms with Gasteiger partial charge in [0.2, 0.25) is 11.8 Å². The molecule has 13 heteroatoms. The number of halogens is 3. The van der Waals surface area contributed by atoms with Crippen LogP contribution in [0.15, 0.2) is 51.7 Å². The number of nitrogen functional groups attached to an aromatic ring is 1. The Morgan fingerprint density at radius 2 is 1.59 bits per heavy atom. The van der Waals surface area contributed by atoms with Crippen LogP contribution in [0.5, 0.6) is 0 Å². The predicted molar refractivity (Wildman–Crippen MR) is 188 cm³/mol. The van der Waals surface area contributed by atoms with E-state index < -0.39 is 11.8 Å². The Morgan fingerprint density at radius 1 is 0.959 bits per heavy atom. The molecular formula is C36H46BrF2N7O3. The van der Waals surface area contributed by atoms with E-state index in [1.807, 2.05) is 35.2 Å². The van der Waals surface area contributed by atoms with Crippen LogP contribution >= 0.6 is 15.9 Å². The SMILES string of the molecule is CC(F)(F)c1cc(C[C@@H](CC(=O)N2CCC(n3nc(-c4ccccc4)[nH]c3=O)CC2)C(=O)N2CCC(N3CCCCC3)CC2)cc(Br)c1N. The van der Waals surface area contributed by atoms with E-state index in [0.717, 1.165) is 38.4 Å². The number of hydrogen-bond donors (Lipinski definition) is 2. The molecule has 0 unspecified atom stereocenters. The lowest BCUT2D eigenvalue weighted by Gasteiger charge is -2.41. The first-order valence-corrected chi connectivity index (χ1v) is 18.3. The molecule has 0 bridgehead atoms. The van der Waals surface area contributed by atoms with Crippen LogP contribution in [-0.2, 0) is 21.9 Å². The third-order valence-corrected chi connectivity index (χ3v) is 11.1. The van der Waals surface area contributed by atoms with E-state index in [0.29, 0.717) is 60.9 Å². The summed E-state index contributed by atoms with van der Waals surface area (Å²) < 4.78 is 30.8. The van der Waals surface area contributed by atoms with Crippen molar-refractivity contribution in [2.75, 3.05) is 45.0 Å². The van der Waals surface area contributed by atoms with Crippen LogP contribution in [0, 0.1) is 5.92 Å². The monoisotopic (exact) mass is 741 g/mol. The van der Waals surface area contributed by atoms with Gasteiger partial charge in [-0.25, -0.2) is 18.3 Å². The van der Waals surface area contributed by atoms with Gasteiger partial charge in [-0.05, 0) is 91.7 Å². The second-order valence-electron chi connectivity index (χ2n) is 13.9. The first-order valence-electron chi connectivity index (χ1n) is 17.5. The summed E-state index contributed by atoms with van der Waals surface area (Å²) in [7, 11) is 0. The number of anilines is 1. The van der Waals surface area contributed by atoms with Crippen molar-refractivity contribution in [1.29, 1.82) is 0 Å². The highest BCUT2D eigenvalue weighted by Crippen LogP contribution is 2.37. The molecule has 3 aromatic rings. The number of nitrogens with one attached hydrogen (secondary N) is 1. The van der Waals surface area contributed by atoms with Crippen molar-refractivity contribution in [3.63, 3.8) is 0 Å². The summed E-state index contributed by atoms with van der Waals surface area (Å²) in [6.07, 6.45) is 6.67. The molecule has 1 atom stereocenters. The lowest BCUT2D eigenvalue weighted by Crippen LogP contribution is -2.50. The third kappa shape index (κ3) is 8.25. The van der Waals surface area contributed by atoms with E-state index >= 15 is 0 Å². The molecule has 0 radical (unpaired) electrons. The largest absolute Gasteiger partial charge is 0.397 e. The minimum absolute atomic E-state index is 0.0318. The van der Waals surface area contributed by atoms with E-state index in [1.54, 1.807) is 11.0 Å². The molecule has 3 aliphatic heterocycles. The number of rotatable bonds is 9. The van der Waals surface area contributed by atoms with Crippen LogP contribution in [0.3, 0.4) is 0 Å². The second kappa shape index (κ2) is 15.1. The summed E-state index contributed by atoms with van der Waals surface area (Å²) in [6.45, 7) is 5.08. The average molecular weight is 743 g/mol. The first-order chi connectivity index (χ1) is 23.5. The highest BCUT2D eigenvalue weighted by Gasteiger charge is 2.35. The number of alkyl halides is 2. The number of amides is 2. The highest BCUT2D eigenvalue weighted by atomic mass is 79.9. The topological polar surface area (TPSA) is 121 Å². The van der Waals surface area contributed by atoms with Gasteiger partial charge in [0, 0.05) is 61.2 Å². The molecule has 4 heterocycles. The minimum Gasteiger partial charge on any atom is -0.397 e. The Balaban J connectivity index is 1.14. The summed E-state index contributed by atoms with van der Waals surface area (Å²) in [5.74, 6) is -3.65. The van der Waals surface area contributed by atoms with Gasteiger partial charge in [0.1, 0.15) is 0 Å². The molecular weight excluding hydrogens is 696 g/mol. The predicted octanol–water partition coefficient (Wildman–Crippen LogP) is 5.58. The third-order valence-electron chi connectivity index (χ3n) is 10.4. The van der Waals surface area contributed by atoms with Crippen LogP contribution in [0.2, 0.25) is 0 Å². The van der Waals surface area contributed by atoms with Crippen LogP contribution in [0.1, 0.15) is 75.5 Å². The molecule has 264 valence electrons. The lowest BCUT2D eigenvalue weighted by atomic mass is 9.90. The Labute approximate surface area is 294 Å². The van der Waals surface area contributed by atoms with Crippen molar-refractivity contribution in [2.24, 2.45) is 5.92 Å². The van der Waals surface area contributed by atoms with E-state index in [4.69, 9.17) is 5.73 Å². The van der Waals surface area contributed by atoms with Gasteiger partial charge in [0.05, 0.1) is 17.6 Å². The molecule has 6 rings (SSSR count). The molecule has 3 fully saturated rings. The molecule has 0 aliphatic carbocycles. The molecule has 0 saturated carbocycles. The molecule has 3 saturated heterocycles. The maximum Gasteiger partial charge on any atom is 0.343 e. The number of likely N-dealkylation sites (tertiary alicyclic amines) is 3. The fourth-order valence-electron chi connectivity index (χ4n) is 7.69. The molecule has 2 amide bonds. The minimum atomic E-state index is -3.17. The van der Waals surface area contributed by atoms with Crippen molar-refractivity contribution < 1.29 is 18.4 Å². The van der Waals surface area contributed by atoms with Gasteiger partial charge in [0.15, 0.2) is 5.82 Å². The lowest BCUT2D eigenvalue weighted by molar-refractivity contribution is -0.143. The van der Waals surface area contributed by atoms with Crippen LogP contribution in [0.4, 0.5) is 14.5 Å². The summed E-state index contributed by atoms with van der Waals surface area (Å²) in [4.78, 5) is 49.7. The number of piperidine rings is 3. The standard InChI is InChI=1S/C36H46BrF2N7O3/c1-36(38,39)29-21-24(22-30(37)32(29)40)20-26(34(48)45-18-10-27(11-19-45)43-14-6-3-7-15-43)23-31(47)44-16-12-28(13-17-44)46-35(49)41-33(42-46)25-8-4-2-5-9-25/h2,4-5,8-9,21-22,26-28H,3,6-7,10-20,23,40H2,1H3,(H,41,42,49)/t26-/m0/s1. The Bertz CT molecular complexity index is 1670. The number of aromatic amines is 1. The number of nitrogens with zero attached hydrogens (tertiary/aromatic N) is 5. The van der Waals surface area contributed by atoms with E-state index in [2.05, 4.69) is 30.9 Å². The Morgan fingerprint density at radius 3 is 2.24 bits per heavy atom. The van der Waals surface area contributed by atoms with E-state index in [1.165, 1.54) is 30.0 Å². The number of carbonyl (C=O) groups is 2. The number of benzene rings is 2. The number of carbonyl (C=O) groups excluding carboxylic acids is 2. The van der Waals surface area contributed by atoms with Gasteiger partial charge in [-0.3, -0.25) is 14.6 Å².